The lowest BCUT2D eigenvalue weighted by Crippen LogP contribution is -2.14. The van der Waals surface area contributed by atoms with Crippen LogP contribution < -0.4 is 4.72 Å². The second-order valence-corrected chi connectivity index (χ2v) is 6.33. The Morgan fingerprint density at radius 2 is 2.21 bits per heavy atom. The topological polar surface area (TPSA) is 79.3 Å². The van der Waals surface area contributed by atoms with Crippen LogP contribution in [0, 0.1) is 12.7 Å². The van der Waals surface area contributed by atoms with Gasteiger partial charge < -0.3 is 5.11 Å². The molecule has 2 rings (SSSR count). The van der Waals surface area contributed by atoms with Crippen molar-refractivity contribution in [1.29, 1.82) is 0 Å². The fourth-order valence-electron chi connectivity index (χ4n) is 1.43. The van der Waals surface area contributed by atoms with E-state index in [0.29, 0.717) is 11.3 Å². The first-order valence-electron chi connectivity index (χ1n) is 5.26. The molecule has 0 atom stereocenters. The van der Waals surface area contributed by atoms with Crippen LogP contribution in [0.15, 0.2) is 28.5 Å². The number of halogens is 1. The van der Waals surface area contributed by atoms with Crippen LogP contribution in [0.5, 0.6) is 0 Å². The molecule has 19 heavy (non-hydrogen) atoms. The molecule has 0 fully saturated rings. The van der Waals surface area contributed by atoms with Crippen LogP contribution in [0.3, 0.4) is 0 Å². The summed E-state index contributed by atoms with van der Waals surface area (Å²) in [5.74, 6) is -0.910. The number of aromatic nitrogens is 1. The maximum Gasteiger partial charge on any atom is 0.266 e. The SMILES string of the molecule is Cc1csc(NS(=O)(=O)c2ccc(CO)cc2F)n1. The van der Waals surface area contributed by atoms with E-state index in [9.17, 15) is 12.8 Å². The van der Waals surface area contributed by atoms with E-state index in [1.165, 1.54) is 6.07 Å². The number of nitrogens with zero attached hydrogens (tertiary/aromatic N) is 1. The average molecular weight is 302 g/mol. The van der Waals surface area contributed by atoms with Gasteiger partial charge in [0.2, 0.25) is 0 Å². The summed E-state index contributed by atoms with van der Waals surface area (Å²) in [7, 11) is -4.01. The number of hydrogen-bond donors (Lipinski definition) is 2. The minimum atomic E-state index is -4.01. The molecule has 0 aliphatic carbocycles. The van der Waals surface area contributed by atoms with Crippen molar-refractivity contribution in [2.24, 2.45) is 0 Å². The minimum absolute atomic E-state index is 0.183. The molecule has 5 nitrogen and oxygen atoms in total. The third-order valence-corrected chi connectivity index (χ3v) is 4.69. The van der Waals surface area contributed by atoms with Gasteiger partial charge in [-0.3, -0.25) is 4.72 Å². The number of aryl methyl sites for hydroxylation is 1. The summed E-state index contributed by atoms with van der Waals surface area (Å²) in [6.07, 6.45) is 0. The van der Waals surface area contributed by atoms with Gasteiger partial charge in [0, 0.05) is 5.38 Å². The highest BCUT2D eigenvalue weighted by Crippen LogP contribution is 2.22. The molecule has 2 N–H and O–H groups in total. The predicted octanol–water partition coefficient (Wildman–Crippen LogP) is 1.88. The number of sulfonamides is 1. The fourth-order valence-corrected chi connectivity index (χ4v) is 3.43. The molecule has 1 aromatic heterocycles. The van der Waals surface area contributed by atoms with Crippen molar-refractivity contribution in [2.75, 3.05) is 4.72 Å². The summed E-state index contributed by atoms with van der Waals surface area (Å²) in [6.45, 7) is 1.38. The van der Waals surface area contributed by atoms with E-state index in [4.69, 9.17) is 5.11 Å². The lowest BCUT2D eigenvalue weighted by atomic mass is 10.2. The molecule has 8 heteroatoms. The van der Waals surface area contributed by atoms with Gasteiger partial charge in [-0.2, -0.15) is 0 Å². The molecule has 0 unspecified atom stereocenters. The van der Waals surface area contributed by atoms with Crippen molar-refractivity contribution in [3.8, 4) is 0 Å². The third kappa shape index (κ3) is 3.09. The zero-order valence-corrected chi connectivity index (χ0v) is 11.6. The maximum absolute atomic E-state index is 13.7. The van der Waals surface area contributed by atoms with Crippen molar-refractivity contribution < 1.29 is 17.9 Å². The molecule has 0 spiro atoms. The van der Waals surface area contributed by atoms with Gasteiger partial charge in [-0.15, -0.1) is 11.3 Å². The molecule has 0 amide bonds. The molecule has 1 heterocycles. The van der Waals surface area contributed by atoms with Crippen molar-refractivity contribution in [1.82, 2.24) is 4.98 Å². The summed E-state index contributed by atoms with van der Waals surface area (Å²) in [6, 6.07) is 3.45. The van der Waals surface area contributed by atoms with E-state index in [1.807, 2.05) is 0 Å². The standard InChI is InChI=1S/C11H11FN2O3S2/c1-7-6-18-11(13-7)14-19(16,17)10-3-2-8(5-15)4-9(10)12/h2-4,6,15H,5H2,1H3,(H,13,14). The number of rotatable bonds is 4. The van der Waals surface area contributed by atoms with Crippen molar-refractivity contribution >= 4 is 26.5 Å². The van der Waals surface area contributed by atoms with E-state index in [2.05, 4.69) is 9.71 Å². The first-order chi connectivity index (χ1) is 8.92. The highest BCUT2D eigenvalue weighted by molar-refractivity contribution is 7.93. The minimum Gasteiger partial charge on any atom is -0.392 e. The Kier molecular flexibility index (Phi) is 3.83. The van der Waals surface area contributed by atoms with Crippen molar-refractivity contribution in [3.05, 3.63) is 40.7 Å². The first kappa shape index (κ1) is 13.9. The molecule has 0 radical (unpaired) electrons. The normalized spacial score (nSPS) is 11.5. The van der Waals surface area contributed by atoms with E-state index < -0.39 is 20.7 Å². The Hall–Kier alpha value is -1.51. The lowest BCUT2D eigenvalue weighted by molar-refractivity contribution is 0.281. The first-order valence-corrected chi connectivity index (χ1v) is 7.63. The molecule has 1 aromatic carbocycles. The van der Waals surface area contributed by atoms with Gasteiger partial charge in [0.05, 0.1) is 12.3 Å². The Morgan fingerprint density at radius 1 is 1.47 bits per heavy atom. The number of thiazole rings is 1. The average Bonchev–Trinajstić information content (AvgIpc) is 2.73. The van der Waals surface area contributed by atoms with Crippen molar-refractivity contribution in [2.45, 2.75) is 18.4 Å². The molecule has 0 aliphatic heterocycles. The molecule has 0 saturated heterocycles. The number of anilines is 1. The summed E-state index contributed by atoms with van der Waals surface area (Å²) < 4.78 is 39.9. The quantitative estimate of drug-likeness (QED) is 0.904. The number of nitrogens with one attached hydrogen (secondary N) is 1. The lowest BCUT2D eigenvalue weighted by Gasteiger charge is -2.07. The molecule has 0 aliphatic rings. The highest BCUT2D eigenvalue weighted by Gasteiger charge is 2.20. The van der Waals surface area contributed by atoms with Gasteiger partial charge in [0.1, 0.15) is 10.7 Å². The number of aliphatic hydroxyl groups excluding tert-OH is 1. The Labute approximate surface area is 113 Å². The van der Waals surface area contributed by atoms with Gasteiger partial charge in [-0.1, -0.05) is 6.07 Å². The number of hydrogen-bond acceptors (Lipinski definition) is 5. The fraction of sp³-hybridized carbons (Fsp3) is 0.182. The summed E-state index contributed by atoms with van der Waals surface area (Å²) in [4.78, 5) is 3.48. The zero-order chi connectivity index (χ0) is 14.0. The summed E-state index contributed by atoms with van der Waals surface area (Å²) >= 11 is 1.12. The maximum atomic E-state index is 13.7. The van der Waals surface area contributed by atoms with Gasteiger partial charge in [-0.25, -0.2) is 17.8 Å². The zero-order valence-electron chi connectivity index (χ0n) is 9.92. The van der Waals surface area contributed by atoms with E-state index in [1.54, 1.807) is 12.3 Å². The summed E-state index contributed by atoms with van der Waals surface area (Å²) in [5.41, 5.74) is 0.986. The van der Waals surface area contributed by atoms with Crippen molar-refractivity contribution in [3.63, 3.8) is 0 Å². The van der Waals surface area contributed by atoms with Crippen LogP contribution >= 0.6 is 11.3 Å². The van der Waals surface area contributed by atoms with Gasteiger partial charge in [0.15, 0.2) is 5.13 Å². The second kappa shape index (κ2) is 5.24. The summed E-state index contributed by atoms with van der Waals surface area (Å²) in [5, 5.41) is 10.7. The van der Waals surface area contributed by atoms with E-state index >= 15 is 0 Å². The molecule has 2 aromatic rings. The van der Waals surface area contributed by atoms with Crippen LogP contribution in [0.2, 0.25) is 0 Å². The molecule has 0 bridgehead atoms. The largest absolute Gasteiger partial charge is 0.392 e. The van der Waals surface area contributed by atoms with Crippen LogP contribution in [0.4, 0.5) is 9.52 Å². The van der Waals surface area contributed by atoms with Gasteiger partial charge in [-0.05, 0) is 24.6 Å². The van der Waals surface area contributed by atoms with E-state index in [0.717, 1.165) is 23.5 Å². The van der Waals surface area contributed by atoms with Crippen LogP contribution in [-0.2, 0) is 16.6 Å². The van der Waals surface area contributed by atoms with Crippen LogP contribution in [0.25, 0.3) is 0 Å². The number of benzene rings is 1. The third-order valence-electron chi connectivity index (χ3n) is 2.31. The smallest absolute Gasteiger partial charge is 0.266 e. The van der Waals surface area contributed by atoms with Gasteiger partial charge in [0.25, 0.3) is 10.0 Å². The predicted molar refractivity (Wildman–Crippen MR) is 70.0 cm³/mol. The highest BCUT2D eigenvalue weighted by atomic mass is 32.2. The molecular weight excluding hydrogens is 291 g/mol. The van der Waals surface area contributed by atoms with E-state index in [-0.39, 0.29) is 11.7 Å². The second-order valence-electron chi connectivity index (χ2n) is 3.82. The Morgan fingerprint density at radius 3 is 2.74 bits per heavy atom. The van der Waals surface area contributed by atoms with Gasteiger partial charge >= 0.3 is 0 Å². The molecule has 0 saturated carbocycles. The Balaban J connectivity index is 2.34. The molecule has 102 valence electrons. The Bertz CT molecular complexity index is 698. The number of aliphatic hydroxyl groups is 1. The van der Waals surface area contributed by atoms with Crippen LogP contribution in [-0.4, -0.2) is 18.5 Å². The van der Waals surface area contributed by atoms with Crippen LogP contribution in [0.1, 0.15) is 11.3 Å². The monoisotopic (exact) mass is 302 g/mol. The molecular formula is C11H11FN2O3S2.